The summed E-state index contributed by atoms with van der Waals surface area (Å²) in [6, 6.07) is 19.5. The van der Waals surface area contributed by atoms with Crippen molar-refractivity contribution in [3.8, 4) is 5.75 Å². The fourth-order valence-corrected chi connectivity index (χ4v) is 2.73. The average Bonchev–Trinajstić information content (AvgIpc) is 2.74. The molecule has 2 amide bonds. The average molecular weight is 389 g/mol. The first kappa shape index (κ1) is 20.1. The summed E-state index contributed by atoms with van der Waals surface area (Å²) in [6.07, 6.45) is 1.54. The molecule has 0 saturated carbocycles. The largest absolute Gasteiger partial charge is 0.491 e. The summed E-state index contributed by atoms with van der Waals surface area (Å²) in [5, 5.41) is 2.78. The molecule has 0 aliphatic heterocycles. The number of nitrogens with zero attached hydrogens (tertiary/aromatic N) is 2. The second-order valence-corrected chi connectivity index (χ2v) is 6.77. The van der Waals surface area contributed by atoms with E-state index in [1.54, 1.807) is 37.4 Å². The van der Waals surface area contributed by atoms with Gasteiger partial charge in [-0.3, -0.25) is 14.6 Å². The number of carbonyl (C=O) groups excluding carboxylic acids is 2. The number of anilines is 2. The van der Waals surface area contributed by atoms with Crippen molar-refractivity contribution < 1.29 is 14.3 Å². The van der Waals surface area contributed by atoms with Crippen LogP contribution in [0.1, 0.15) is 34.7 Å². The van der Waals surface area contributed by atoms with Gasteiger partial charge in [-0.1, -0.05) is 18.2 Å². The highest BCUT2D eigenvalue weighted by Gasteiger charge is 2.16. The van der Waals surface area contributed by atoms with Crippen molar-refractivity contribution >= 4 is 23.2 Å². The zero-order valence-electron chi connectivity index (χ0n) is 16.6. The predicted octanol–water partition coefficient (Wildman–Crippen LogP) is 4.40. The molecule has 0 fully saturated rings. The van der Waals surface area contributed by atoms with Crippen LogP contribution in [0, 0.1) is 0 Å². The Labute approximate surface area is 170 Å². The second-order valence-electron chi connectivity index (χ2n) is 6.77. The molecule has 1 aromatic heterocycles. The summed E-state index contributed by atoms with van der Waals surface area (Å²) in [4.78, 5) is 30.9. The van der Waals surface area contributed by atoms with Crippen LogP contribution in [0.4, 0.5) is 11.4 Å². The van der Waals surface area contributed by atoms with Crippen LogP contribution >= 0.6 is 0 Å². The molecule has 29 heavy (non-hydrogen) atoms. The minimum Gasteiger partial charge on any atom is -0.491 e. The summed E-state index contributed by atoms with van der Waals surface area (Å²) >= 11 is 0. The maximum Gasteiger partial charge on any atom is 0.274 e. The van der Waals surface area contributed by atoms with Crippen molar-refractivity contribution in [1.29, 1.82) is 0 Å². The van der Waals surface area contributed by atoms with Gasteiger partial charge in [0.15, 0.2) is 0 Å². The predicted molar refractivity (Wildman–Crippen MR) is 114 cm³/mol. The molecule has 0 spiro atoms. The number of pyridine rings is 1. The highest BCUT2D eigenvalue weighted by atomic mass is 16.5. The Balaban J connectivity index is 1.71. The SMILES string of the molecule is CC(C)Oc1ccc(NC(=O)c2cc(C(=O)N(C)c3ccccc3)ccn2)cc1. The van der Waals surface area contributed by atoms with Crippen molar-refractivity contribution in [1.82, 2.24) is 4.98 Å². The maximum atomic E-state index is 12.8. The Kier molecular flexibility index (Phi) is 6.24. The molecule has 2 aromatic carbocycles. The van der Waals surface area contributed by atoms with Gasteiger partial charge in [-0.25, -0.2) is 0 Å². The number of benzene rings is 2. The van der Waals surface area contributed by atoms with Crippen LogP contribution in [0.15, 0.2) is 72.9 Å². The van der Waals surface area contributed by atoms with Crippen LogP contribution in [0.2, 0.25) is 0 Å². The normalized spacial score (nSPS) is 10.5. The third-order valence-electron chi connectivity index (χ3n) is 4.17. The molecule has 6 heteroatoms. The van der Waals surface area contributed by atoms with Gasteiger partial charge in [-0.05, 0) is 62.4 Å². The topological polar surface area (TPSA) is 71.5 Å². The number of para-hydroxylation sites is 1. The minimum absolute atomic E-state index is 0.0777. The standard InChI is InChI=1S/C23H23N3O3/c1-16(2)29-20-11-9-18(10-12-20)25-22(27)21-15-17(13-14-24-21)23(28)26(3)19-7-5-4-6-8-19/h4-16H,1-3H3,(H,25,27). The summed E-state index contributed by atoms with van der Waals surface area (Å²) in [7, 11) is 1.69. The molecule has 0 aliphatic rings. The lowest BCUT2D eigenvalue weighted by molar-refractivity contribution is 0.0993. The van der Waals surface area contributed by atoms with Crippen molar-refractivity contribution in [3.63, 3.8) is 0 Å². The third kappa shape index (κ3) is 5.19. The van der Waals surface area contributed by atoms with Crippen LogP contribution in [0.5, 0.6) is 5.75 Å². The monoisotopic (exact) mass is 389 g/mol. The van der Waals surface area contributed by atoms with E-state index < -0.39 is 0 Å². The van der Waals surface area contributed by atoms with E-state index in [-0.39, 0.29) is 23.6 Å². The fourth-order valence-electron chi connectivity index (χ4n) is 2.73. The number of nitrogens with one attached hydrogen (secondary N) is 1. The van der Waals surface area contributed by atoms with Gasteiger partial charge in [-0.2, -0.15) is 0 Å². The van der Waals surface area contributed by atoms with E-state index in [0.717, 1.165) is 11.4 Å². The van der Waals surface area contributed by atoms with Gasteiger partial charge in [-0.15, -0.1) is 0 Å². The number of amides is 2. The van der Waals surface area contributed by atoms with Crippen molar-refractivity contribution in [2.24, 2.45) is 0 Å². The molecule has 0 unspecified atom stereocenters. The molecule has 3 aromatic rings. The highest BCUT2D eigenvalue weighted by molar-refractivity contribution is 6.08. The van der Waals surface area contributed by atoms with E-state index in [1.807, 2.05) is 44.2 Å². The molecule has 1 heterocycles. The number of hydrogen-bond acceptors (Lipinski definition) is 4. The Morgan fingerprint density at radius 2 is 1.69 bits per heavy atom. The molecule has 1 N–H and O–H groups in total. The van der Waals surface area contributed by atoms with Gasteiger partial charge >= 0.3 is 0 Å². The summed E-state index contributed by atoms with van der Waals surface area (Å²) in [5.41, 5.74) is 1.94. The molecule has 0 atom stereocenters. The lowest BCUT2D eigenvalue weighted by Gasteiger charge is -2.17. The van der Waals surface area contributed by atoms with Crippen LogP contribution in [-0.4, -0.2) is 29.9 Å². The maximum absolute atomic E-state index is 12.8. The lowest BCUT2D eigenvalue weighted by Crippen LogP contribution is -2.26. The quantitative estimate of drug-likeness (QED) is 0.678. The molecule has 0 aliphatic carbocycles. The lowest BCUT2D eigenvalue weighted by atomic mass is 10.2. The number of rotatable bonds is 6. The van der Waals surface area contributed by atoms with Crippen molar-refractivity contribution in [2.45, 2.75) is 20.0 Å². The Hall–Kier alpha value is -3.67. The van der Waals surface area contributed by atoms with E-state index in [4.69, 9.17) is 4.74 Å². The van der Waals surface area contributed by atoms with Gasteiger partial charge < -0.3 is 15.0 Å². The van der Waals surface area contributed by atoms with E-state index in [0.29, 0.717) is 11.3 Å². The minimum atomic E-state index is -0.389. The molecule has 0 radical (unpaired) electrons. The van der Waals surface area contributed by atoms with Crippen LogP contribution < -0.4 is 15.0 Å². The zero-order chi connectivity index (χ0) is 20.8. The van der Waals surface area contributed by atoms with E-state index in [1.165, 1.54) is 17.2 Å². The summed E-state index contributed by atoms with van der Waals surface area (Å²) in [5.74, 6) is 0.120. The van der Waals surface area contributed by atoms with Gasteiger partial charge in [0.25, 0.3) is 11.8 Å². The molecular weight excluding hydrogens is 366 g/mol. The van der Waals surface area contributed by atoms with Gasteiger partial charge in [0.05, 0.1) is 6.10 Å². The Morgan fingerprint density at radius 3 is 2.34 bits per heavy atom. The van der Waals surface area contributed by atoms with Gasteiger partial charge in [0, 0.05) is 30.2 Å². The van der Waals surface area contributed by atoms with Crippen molar-refractivity contribution in [2.75, 3.05) is 17.3 Å². The molecule has 6 nitrogen and oxygen atoms in total. The van der Waals surface area contributed by atoms with E-state index in [9.17, 15) is 9.59 Å². The number of aromatic nitrogens is 1. The fraction of sp³-hybridized carbons (Fsp3) is 0.174. The molecular formula is C23H23N3O3. The molecule has 148 valence electrons. The Bertz CT molecular complexity index is 986. The van der Waals surface area contributed by atoms with Crippen LogP contribution in [-0.2, 0) is 0 Å². The number of ether oxygens (including phenoxy) is 1. The smallest absolute Gasteiger partial charge is 0.274 e. The van der Waals surface area contributed by atoms with Gasteiger partial charge in [0.1, 0.15) is 11.4 Å². The van der Waals surface area contributed by atoms with Crippen LogP contribution in [0.3, 0.4) is 0 Å². The highest BCUT2D eigenvalue weighted by Crippen LogP contribution is 2.18. The number of carbonyl (C=O) groups is 2. The van der Waals surface area contributed by atoms with Gasteiger partial charge in [0.2, 0.25) is 0 Å². The first-order valence-electron chi connectivity index (χ1n) is 9.31. The van der Waals surface area contributed by atoms with E-state index >= 15 is 0 Å². The second kappa shape index (κ2) is 9.01. The first-order valence-corrected chi connectivity index (χ1v) is 9.31. The van der Waals surface area contributed by atoms with Crippen LogP contribution in [0.25, 0.3) is 0 Å². The zero-order valence-corrected chi connectivity index (χ0v) is 16.6. The molecule has 3 rings (SSSR count). The summed E-state index contributed by atoms with van der Waals surface area (Å²) < 4.78 is 5.59. The first-order chi connectivity index (χ1) is 13.9. The number of hydrogen-bond donors (Lipinski definition) is 1. The van der Waals surface area contributed by atoms with E-state index in [2.05, 4.69) is 10.3 Å². The summed E-state index contributed by atoms with van der Waals surface area (Å²) in [6.45, 7) is 3.90. The Morgan fingerprint density at radius 1 is 1.00 bits per heavy atom. The third-order valence-corrected chi connectivity index (χ3v) is 4.17. The molecule has 0 saturated heterocycles. The molecule has 0 bridgehead atoms. The van der Waals surface area contributed by atoms with Crippen molar-refractivity contribution in [3.05, 3.63) is 84.2 Å².